The van der Waals surface area contributed by atoms with Gasteiger partial charge in [-0.3, -0.25) is 4.90 Å². The molecule has 0 bridgehead atoms. The van der Waals surface area contributed by atoms with Crippen molar-refractivity contribution in [2.75, 3.05) is 19.7 Å². The van der Waals surface area contributed by atoms with E-state index in [1.165, 1.54) is 32.1 Å². The molecule has 1 N–H and O–H groups in total. The smallest absolute Gasteiger partial charge is 0.0900 e. The molecule has 2 rings (SSSR count). The van der Waals surface area contributed by atoms with E-state index in [0.29, 0.717) is 6.61 Å². The summed E-state index contributed by atoms with van der Waals surface area (Å²) in [6, 6.07) is 0.739. The quantitative estimate of drug-likeness (QED) is 0.837. The number of fused-ring (bicyclic) bond motifs is 1. The summed E-state index contributed by atoms with van der Waals surface area (Å²) >= 11 is 0. The average molecular weight is 255 g/mol. The largest absolute Gasteiger partial charge is 0.389 e. The third-order valence-corrected chi connectivity index (χ3v) is 4.26. The highest BCUT2D eigenvalue weighted by atomic mass is 16.5. The van der Waals surface area contributed by atoms with Crippen LogP contribution in [0.25, 0.3) is 0 Å². The summed E-state index contributed by atoms with van der Waals surface area (Å²) in [6.07, 6.45) is 6.46. The second-order valence-electron chi connectivity index (χ2n) is 6.97. The number of hydrogen-bond donors (Lipinski definition) is 1. The molecule has 0 aromatic heterocycles. The van der Waals surface area contributed by atoms with Crippen LogP contribution < -0.4 is 0 Å². The highest BCUT2D eigenvalue weighted by Crippen LogP contribution is 2.36. The predicted octanol–water partition coefficient (Wildman–Crippen LogP) is 2.43. The lowest BCUT2D eigenvalue weighted by Crippen LogP contribution is -2.47. The highest BCUT2D eigenvalue weighted by molar-refractivity contribution is 4.89. The van der Waals surface area contributed by atoms with Crippen molar-refractivity contribution in [2.24, 2.45) is 5.92 Å². The molecule has 0 aromatic carbocycles. The molecule has 0 radical (unpaired) electrons. The van der Waals surface area contributed by atoms with E-state index < -0.39 is 0 Å². The van der Waals surface area contributed by atoms with Crippen LogP contribution in [-0.4, -0.2) is 47.4 Å². The molecule has 1 aliphatic carbocycles. The molecule has 3 heteroatoms. The van der Waals surface area contributed by atoms with Crippen LogP contribution in [0.4, 0.5) is 0 Å². The minimum absolute atomic E-state index is 0.154. The zero-order valence-electron chi connectivity index (χ0n) is 12.2. The van der Waals surface area contributed by atoms with Gasteiger partial charge in [0.1, 0.15) is 0 Å². The van der Waals surface area contributed by atoms with Gasteiger partial charge in [0.15, 0.2) is 0 Å². The lowest BCUT2D eigenvalue weighted by molar-refractivity contribution is -0.0624. The van der Waals surface area contributed by atoms with Gasteiger partial charge in [0, 0.05) is 12.6 Å². The highest BCUT2D eigenvalue weighted by Gasteiger charge is 2.35. The number of likely N-dealkylation sites (tertiary alicyclic amines) is 1. The Morgan fingerprint density at radius 2 is 1.94 bits per heavy atom. The Hall–Kier alpha value is -0.120. The first-order valence-electron chi connectivity index (χ1n) is 7.52. The van der Waals surface area contributed by atoms with Crippen LogP contribution in [0.5, 0.6) is 0 Å². The van der Waals surface area contributed by atoms with Gasteiger partial charge < -0.3 is 9.84 Å². The fourth-order valence-electron chi connectivity index (χ4n) is 3.45. The Kier molecular flexibility index (Phi) is 4.68. The Labute approximate surface area is 112 Å². The van der Waals surface area contributed by atoms with Gasteiger partial charge in [0.2, 0.25) is 0 Å². The monoisotopic (exact) mass is 255 g/mol. The predicted molar refractivity (Wildman–Crippen MR) is 73.6 cm³/mol. The van der Waals surface area contributed by atoms with Gasteiger partial charge in [-0.1, -0.05) is 6.42 Å². The van der Waals surface area contributed by atoms with Crippen molar-refractivity contribution in [3.63, 3.8) is 0 Å². The molecular weight excluding hydrogens is 226 g/mol. The number of rotatable bonds is 4. The normalized spacial score (nSPS) is 31.3. The van der Waals surface area contributed by atoms with Gasteiger partial charge in [-0.25, -0.2) is 0 Å². The molecule has 1 heterocycles. The van der Waals surface area contributed by atoms with Crippen molar-refractivity contribution in [2.45, 2.75) is 70.6 Å². The van der Waals surface area contributed by atoms with Gasteiger partial charge >= 0.3 is 0 Å². The molecule has 2 fully saturated rings. The number of hydrogen-bond acceptors (Lipinski definition) is 3. The second kappa shape index (κ2) is 5.89. The summed E-state index contributed by atoms with van der Waals surface area (Å²) in [7, 11) is 0. The molecule has 0 amide bonds. The summed E-state index contributed by atoms with van der Waals surface area (Å²) in [4.78, 5) is 2.51. The van der Waals surface area contributed by atoms with Crippen LogP contribution in [0.2, 0.25) is 0 Å². The lowest BCUT2D eigenvalue weighted by Gasteiger charge is -2.39. The Balaban J connectivity index is 1.77. The van der Waals surface area contributed by atoms with Gasteiger partial charge in [-0.05, 0) is 58.9 Å². The number of aliphatic hydroxyl groups is 1. The summed E-state index contributed by atoms with van der Waals surface area (Å²) in [5.74, 6) is 0.898. The van der Waals surface area contributed by atoms with Crippen LogP contribution in [0.3, 0.4) is 0 Å². The van der Waals surface area contributed by atoms with E-state index in [9.17, 15) is 5.11 Å². The molecule has 1 aliphatic heterocycles. The minimum Gasteiger partial charge on any atom is -0.389 e. The Morgan fingerprint density at radius 1 is 1.22 bits per heavy atom. The van der Waals surface area contributed by atoms with Crippen molar-refractivity contribution in [3.8, 4) is 0 Å². The first-order valence-corrected chi connectivity index (χ1v) is 7.52. The summed E-state index contributed by atoms with van der Waals surface area (Å²) in [5, 5.41) is 10.1. The van der Waals surface area contributed by atoms with Crippen molar-refractivity contribution in [1.29, 1.82) is 0 Å². The zero-order chi connectivity index (χ0) is 13.2. The van der Waals surface area contributed by atoms with Gasteiger partial charge in [0.25, 0.3) is 0 Å². The number of ether oxygens (including phenoxy) is 1. The molecule has 2 aliphatic rings. The standard InChI is InChI=1S/C15H29NO2/c1-15(2,3)18-11-13(17)10-16-9-5-7-12-6-4-8-14(12)16/h12-14,17H,4-11H2,1-3H3. The molecule has 0 aromatic rings. The number of β-amino-alcohol motifs (C(OH)–C–C–N with tert-alkyl or cyclic N) is 1. The van der Waals surface area contributed by atoms with Gasteiger partial charge in [0.05, 0.1) is 18.3 Å². The van der Waals surface area contributed by atoms with Crippen LogP contribution in [-0.2, 0) is 4.74 Å². The van der Waals surface area contributed by atoms with E-state index in [1.54, 1.807) is 0 Å². The molecule has 3 unspecified atom stereocenters. The van der Waals surface area contributed by atoms with Crippen LogP contribution >= 0.6 is 0 Å². The van der Waals surface area contributed by atoms with E-state index in [0.717, 1.165) is 25.0 Å². The number of piperidine rings is 1. The van der Waals surface area contributed by atoms with Crippen LogP contribution in [0, 0.1) is 5.92 Å². The Morgan fingerprint density at radius 3 is 2.67 bits per heavy atom. The Bertz CT molecular complexity index is 262. The average Bonchev–Trinajstić information content (AvgIpc) is 2.74. The van der Waals surface area contributed by atoms with Gasteiger partial charge in [-0.2, -0.15) is 0 Å². The molecule has 18 heavy (non-hydrogen) atoms. The summed E-state index contributed by atoms with van der Waals surface area (Å²) < 4.78 is 5.67. The lowest BCUT2D eigenvalue weighted by atomic mass is 9.92. The molecule has 106 valence electrons. The van der Waals surface area contributed by atoms with E-state index in [4.69, 9.17) is 4.74 Å². The van der Waals surface area contributed by atoms with Crippen LogP contribution in [0.1, 0.15) is 52.9 Å². The fraction of sp³-hybridized carbons (Fsp3) is 1.00. The summed E-state index contributed by atoms with van der Waals surface area (Å²) in [6.45, 7) is 8.51. The van der Waals surface area contributed by atoms with Crippen molar-refractivity contribution >= 4 is 0 Å². The van der Waals surface area contributed by atoms with Crippen molar-refractivity contribution in [1.82, 2.24) is 4.90 Å². The topological polar surface area (TPSA) is 32.7 Å². The summed E-state index contributed by atoms with van der Waals surface area (Å²) in [5.41, 5.74) is -0.154. The number of aliphatic hydroxyl groups excluding tert-OH is 1. The van der Waals surface area contributed by atoms with E-state index in [1.807, 2.05) is 20.8 Å². The number of nitrogens with zero attached hydrogens (tertiary/aromatic N) is 1. The van der Waals surface area contributed by atoms with Gasteiger partial charge in [-0.15, -0.1) is 0 Å². The van der Waals surface area contributed by atoms with E-state index in [2.05, 4.69) is 4.90 Å². The maximum absolute atomic E-state index is 10.1. The van der Waals surface area contributed by atoms with E-state index in [-0.39, 0.29) is 11.7 Å². The fourth-order valence-corrected chi connectivity index (χ4v) is 3.45. The first-order chi connectivity index (χ1) is 8.46. The molecular formula is C15H29NO2. The molecule has 1 saturated heterocycles. The van der Waals surface area contributed by atoms with Crippen molar-refractivity contribution < 1.29 is 9.84 Å². The molecule has 3 atom stereocenters. The maximum Gasteiger partial charge on any atom is 0.0900 e. The first kappa shape index (κ1) is 14.3. The minimum atomic E-state index is -0.344. The second-order valence-corrected chi connectivity index (χ2v) is 6.97. The van der Waals surface area contributed by atoms with Crippen molar-refractivity contribution in [3.05, 3.63) is 0 Å². The molecule has 0 spiro atoms. The third-order valence-electron chi connectivity index (χ3n) is 4.26. The molecule has 1 saturated carbocycles. The third kappa shape index (κ3) is 3.94. The van der Waals surface area contributed by atoms with Crippen LogP contribution in [0.15, 0.2) is 0 Å². The maximum atomic E-state index is 10.1. The molecule has 3 nitrogen and oxygen atoms in total. The van der Waals surface area contributed by atoms with E-state index >= 15 is 0 Å². The zero-order valence-corrected chi connectivity index (χ0v) is 12.2. The SMILES string of the molecule is CC(C)(C)OCC(O)CN1CCCC2CCCC21.